The number of rotatable bonds is 3. The summed E-state index contributed by atoms with van der Waals surface area (Å²) >= 11 is 0. The Morgan fingerprint density at radius 1 is 1.33 bits per heavy atom. The lowest BCUT2D eigenvalue weighted by Crippen LogP contribution is -2.04. The average molecular weight is 210 g/mol. The molecule has 1 aromatic carbocycles. The van der Waals surface area contributed by atoms with Gasteiger partial charge in [-0.25, -0.2) is 0 Å². The van der Waals surface area contributed by atoms with Gasteiger partial charge in [-0.15, -0.1) is 0 Å². The van der Waals surface area contributed by atoms with Crippen LogP contribution in [0.4, 0.5) is 0 Å². The van der Waals surface area contributed by atoms with E-state index in [1.807, 2.05) is 20.8 Å². The Bertz CT molecular complexity index is 358. The SMILES string of the molecule is COc1c(O)cc(C(C)CO)c(C)c1C. The van der Waals surface area contributed by atoms with E-state index in [2.05, 4.69) is 0 Å². The second kappa shape index (κ2) is 4.53. The van der Waals surface area contributed by atoms with Crippen molar-refractivity contribution in [3.63, 3.8) is 0 Å². The fourth-order valence-corrected chi connectivity index (χ4v) is 1.77. The Hall–Kier alpha value is -1.22. The van der Waals surface area contributed by atoms with Crippen molar-refractivity contribution >= 4 is 0 Å². The number of hydrogen-bond acceptors (Lipinski definition) is 3. The third-order valence-electron chi connectivity index (χ3n) is 2.87. The van der Waals surface area contributed by atoms with Crippen molar-refractivity contribution in [1.82, 2.24) is 0 Å². The highest BCUT2D eigenvalue weighted by Gasteiger charge is 2.15. The number of benzene rings is 1. The zero-order valence-electron chi connectivity index (χ0n) is 9.66. The largest absolute Gasteiger partial charge is 0.504 e. The molecule has 1 aromatic rings. The fraction of sp³-hybridized carbons (Fsp3) is 0.500. The molecule has 15 heavy (non-hydrogen) atoms. The molecule has 0 saturated carbocycles. The van der Waals surface area contributed by atoms with E-state index in [9.17, 15) is 5.11 Å². The van der Waals surface area contributed by atoms with E-state index in [1.165, 1.54) is 7.11 Å². The van der Waals surface area contributed by atoms with Gasteiger partial charge in [0, 0.05) is 12.5 Å². The van der Waals surface area contributed by atoms with Crippen molar-refractivity contribution in [2.45, 2.75) is 26.7 Å². The third kappa shape index (κ3) is 2.07. The van der Waals surface area contributed by atoms with Gasteiger partial charge in [0.1, 0.15) is 0 Å². The third-order valence-corrected chi connectivity index (χ3v) is 2.87. The molecular weight excluding hydrogens is 192 g/mol. The number of phenolic OH excluding ortho intramolecular Hbond substituents is 1. The van der Waals surface area contributed by atoms with Crippen LogP contribution in [0.25, 0.3) is 0 Å². The van der Waals surface area contributed by atoms with Crippen LogP contribution in [0.1, 0.15) is 29.5 Å². The minimum absolute atomic E-state index is 0.0282. The zero-order chi connectivity index (χ0) is 11.6. The first kappa shape index (κ1) is 11.9. The molecule has 0 aliphatic heterocycles. The molecule has 2 N–H and O–H groups in total. The first-order valence-electron chi connectivity index (χ1n) is 5.00. The fourth-order valence-electron chi connectivity index (χ4n) is 1.77. The van der Waals surface area contributed by atoms with Crippen molar-refractivity contribution in [2.24, 2.45) is 0 Å². The van der Waals surface area contributed by atoms with E-state index in [1.54, 1.807) is 6.07 Å². The summed E-state index contributed by atoms with van der Waals surface area (Å²) in [4.78, 5) is 0. The van der Waals surface area contributed by atoms with Crippen LogP contribution in [0.3, 0.4) is 0 Å². The minimum atomic E-state index is 0.0282. The summed E-state index contributed by atoms with van der Waals surface area (Å²) in [6.45, 7) is 5.88. The van der Waals surface area contributed by atoms with Crippen LogP contribution in [0.5, 0.6) is 11.5 Å². The molecule has 0 saturated heterocycles. The lowest BCUT2D eigenvalue weighted by atomic mass is 9.93. The molecule has 0 fully saturated rings. The lowest BCUT2D eigenvalue weighted by Gasteiger charge is -2.17. The quantitative estimate of drug-likeness (QED) is 0.803. The maximum absolute atomic E-state index is 9.73. The van der Waals surface area contributed by atoms with E-state index in [4.69, 9.17) is 9.84 Å². The van der Waals surface area contributed by atoms with E-state index in [0.29, 0.717) is 5.75 Å². The highest BCUT2D eigenvalue weighted by atomic mass is 16.5. The number of phenols is 1. The average Bonchev–Trinajstić information content (AvgIpc) is 2.23. The van der Waals surface area contributed by atoms with E-state index in [-0.39, 0.29) is 18.3 Å². The Morgan fingerprint density at radius 3 is 2.40 bits per heavy atom. The molecule has 0 aliphatic carbocycles. The summed E-state index contributed by atoms with van der Waals surface area (Å²) in [6, 6.07) is 1.67. The number of aliphatic hydroxyl groups excluding tert-OH is 1. The normalized spacial score (nSPS) is 12.6. The molecule has 1 rings (SSSR count). The monoisotopic (exact) mass is 210 g/mol. The van der Waals surface area contributed by atoms with E-state index < -0.39 is 0 Å². The number of methoxy groups -OCH3 is 1. The van der Waals surface area contributed by atoms with Crippen LogP contribution in [-0.4, -0.2) is 23.9 Å². The first-order chi connectivity index (χ1) is 7.02. The summed E-state index contributed by atoms with van der Waals surface area (Å²) in [6.07, 6.45) is 0. The molecule has 0 bridgehead atoms. The van der Waals surface area contributed by atoms with Crippen LogP contribution in [0, 0.1) is 13.8 Å². The molecule has 0 amide bonds. The highest BCUT2D eigenvalue weighted by molar-refractivity contribution is 5.53. The topological polar surface area (TPSA) is 49.7 Å². The predicted octanol–water partition coefficient (Wildman–Crippen LogP) is 2.11. The molecule has 1 atom stereocenters. The van der Waals surface area contributed by atoms with Gasteiger partial charge in [0.15, 0.2) is 11.5 Å². The first-order valence-corrected chi connectivity index (χ1v) is 5.00. The maximum Gasteiger partial charge on any atom is 0.163 e. The Balaban J connectivity index is 3.33. The molecule has 0 spiro atoms. The van der Waals surface area contributed by atoms with Gasteiger partial charge >= 0.3 is 0 Å². The Morgan fingerprint density at radius 2 is 1.93 bits per heavy atom. The Labute approximate surface area is 90.3 Å². The second-order valence-electron chi connectivity index (χ2n) is 3.85. The molecule has 0 radical (unpaired) electrons. The number of aromatic hydroxyl groups is 1. The van der Waals surface area contributed by atoms with Crippen molar-refractivity contribution in [3.8, 4) is 11.5 Å². The van der Waals surface area contributed by atoms with Gasteiger partial charge in [-0.05, 0) is 36.6 Å². The predicted molar refractivity (Wildman–Crippen MR) is 59.6 cm³/mol. The molecule has 84 valence electrons. The molecule has 3 nitrogen and oxygen atoms in total. The van der Waals surface area contributed by atoms with E-state index in [0.717, 1.165) is 16.7 Å². The van der Waals surface area contributed by atoms with Crippen molar-refractivity contribution in [1.29, 1.82) is 0 Å². The standard InChI is InChI=1S/C12H18O3/c1-7(6-13)10-5-11(14)12(15-4)9(3)8(10)2/h5,7,13-14H,6H2,1-4H3. The molecule has 0 heterocycles. The summed E-state index contributed by atoms with van der Waals surface area (Å²) < 4.78 is 5.11. The molecule has 0 aromatic heterocycles. The van der Waals surface area contributed by atoms with Crippen LogP contribution >= 0.6 is 0 Å². The molecule has 3 heteroatoms. The summed E-state index contributed by atoms with van der Waals surface area (Å²) in [7, 11) is 1.54. The number of aliphatic hydroxyl groups is 1. The van der Waals surface area contributed by atoms with Gasteiger partial charge in [-0.1, -0.05) is 6.92 Å². The second-order valence-corrected chi connectivity index (χ2v) is 3.85. The zero-order valence-corrected chi connectivity index (χ0v) is 9.66. The number of ether oxygens (including phenoxy) is 1. The van der Waals surface area contributed by atoms with Gasteiger partial charge in [0.2, 0.25) is 0 Å². The molecular formula is C12H18O3. The Kier molecular flexibility index (Phi) is 3.58. The minimum Gasteiger partial charge on any atom is -0.504 e. The van der Waals surface area contributed by atoms with Gasteiger partial charge < -0.3 is 14.9 Å². The van der Waals surface area contributed by atoms with Crippen LogP contribution in [0.15, 0.2) is 6.07 Å². The molecule has 0 aliphatic rings. The smallest absolute Gasteiger partial charge is 0.163 e. The van der Waals surface area contributed by atoms with Gasteiger partial charge in [-0.2, -0.15) is 0 Å². The van der Waals surface area contributed by atoms with Crippen LogP contribution < -0.4 is 4.74 Å². The van der Waals surface area contributed by atoms with Crippen molar-refractivity contribution < 1.29 is 14.9 Å². The molecule has 1 unspecified atom stereocenters. The maximum atomic E-state index is 9.73. The van der Waals surface area contributed by atoms with Crippen molar-refractivity contribution in [2.75, 3.05) is 13.7 Å². The van der Waals surface area contributed by atoms with Crippen LogP contribution in [-0.2, 0) is 0 Å². The van der Waals surface area contributed by atoms with Gasteiger partial charge in [-0.3, -0.25) is 0 Å². The van der Waals surface area contributed by atoms with E-state index >= 15 is 0 Å². The highest BCUT2D eigenvalue weighted by Crippen LogP contribution is 2.36. The lowest BCUT2D eigenvalue weighted by molar-refractivity contribution is 0.272. The summed E-state index contributed by atoms with van der Waals surface area (Å²) in [5, 5.41) is 18.8. The van der Waals surface area contributed by atoms with Gasteiger partial charge in [0.25, 0.3) is 0 Å². The number of hydrogen-bond donors (Lipinski definition) is 2. The van der Waals surface area contributed by atoms with Crippen molar-refractivity contribution in [3.05, 3.63) is 22.8 Å². The summed E-state index contributed by atoms with van der Waals surface area (Å²) in [5.74, 6) is 0.679. The van der Waals surface area contributed by atoms with Gasteiger partial charge in [0.05, 0.1) is 7.11 Å². The summed E-state index contributed by atoms with van der Waals surface area (Å²) in [5.41, 5.74) is 2.95. The van der Waals surface area contributed by atoms with Crippen LogP contribution in [0.2, 0.25) is 0 Å².